The van der Waals surface area contributed by atoms with E-state index in [9.17, 15) is 4.79 Å². The van der Waals surface area contributed by atoms with Gasteiger partial charge in [0.05, 0.1) is 13.2 Å². The Kier molecular flexibility index (Phi) is 6.92. The number of hydrogen-bond acceptors (Lipinski definition) is 4. The molecule has 0 spiro atoms. The number of amides is 1. The van der Waals surface area contributed by atoms with Crippen molar-refractivity contribution in [1.82, 2.24) is 10.2 Å². The summed E-state index contributed by atoms with van der Waals surface area (Å²) in [6.07, 6.45) is 1.95. The third-order valence-corrected chi connectivity index (χ3v) is 3.37. The third-order valence-electron chi connectivity index (χ3n) is 3.37. The third kappa shape index (κ3) is 4.39. The van der Waals surface area contributed by atoms with Gasteiger partial charge in [-0.3, -0.25) is 4.79 Å². The van der Waals surface area contributed by atoms with E-state index in [1.54, 1.807) is 4.90 Å². The number of carbonyl (C=O) groups is 1. The summed E-state index contributed by atoms with van der Waals surface area (Å²) >= 11 is 0. The van der Waals surface area contributed by atoms with Gasteiger partial charge in [-0.2, -0.15) is 0 Å². The van der Waals surface area contributed by atoms with Crippen LogP contribution in [0.25, 0.3) is 0 Å². The van der Waals surface area contributed by atoms with Crippen molar-refractivity contribution in [3.8, 4) is 0 Å². The lowest BCUT2D eigenvalue weighted by molar-refractivity contribution is -0.145. The molecule has 6 heteroatoms. The molecule has 1 N–H and O–H groups in total. The summed E-state index contributed by atoms with van der Waals surface area (Å²) < 4.78 is 10.9. The SMILES string of the molecule is CN(CC1CCCOC1)C(=O)C1CNCCO1.Cl. The molecule has 0 saturated carbocycles. The molecule has 2 fully saturated rings. The number of hydrogen-bond donors (Lipinski definition) is 1. The number of rotatable bonds is 3. The van der Waals surface area contributed by atoms with Crippen LogP contribution in [0.3, 0.4) is 0 Å². The van der Waals surface area contributed by atoms with Gasteiger partial charge < -0.3 is 19.7 Å². The van der Waals surface area contributed by atoms with Crippen LogP contribution in [-0.2, 0) is 14.3 Å². The summed E-state index contributed by atoms with van der Waals surface area (Å²) in [5, 5.41) is 3.18. The average Bonchev–Trinajstić information content (AvgIpc) is 2.40. The molecule has 18 heavy (non-hydrogen) atoms. The fourth-order valence-electron chi connectivity index (χ4n) is 2.40. The van der Waals surface area contributed by atoms with E-state index in [1.165, 1.54) is 0 Å². The van der Waals surface area contributed by atoms with E-state index in [1.807, 2.05) is 7.05 Å². The van der Waals surface area contributed by atoms with Crippen LogP contribution in [0.15, 0.2) is 0 Å². The molecular formula is C12H23ClN2O3. The number of carbonyl (C=O) groups excluding carboxylic acids is 1. The number of nitrogens with one attached hydrogen (secondary N) is 1. The van der Waals surface area contributed by atoms with Crippen molar-refractivity contribution in [3.63, 3.8) is 0 Å². The molecule has 2 atom stereocenters. The van der Waals surface area contributed by atoms with Crippen LogP contribution >= 0.6 is 12.4 Å². The van der Waals surface area contributed by atoms with Gasteiger partial charge in [-0.25, -0.2) is 0 Å². The maximum atomic E-state index is 12.1. The van der Waals surface area contributed by atoms with Gasteiger partial charge in [0.2, 0.25) is 0 Å². The predicted molar refractivity (Wildman–Crippen MR) is 71.0 cm³/mol. The molecule has 106 valence electrons. The molecule has 1 amide bonds. The van der Waals surface area contributed by atoms with Crippen LogP contribution in [0.1, 0.15) is 12.8 Å². The summed E-state index contributed by atoms with van der Waals surface area (Å²) in [6.45, 7) is 4.51. The Morgan fingerprint density at radius 1 is 1.44 bits per heavy atom. The number of morpholine rings is 1. The first-order valence-electron chi connectivity index (χ1n) is 6.42. The Morgan fingerprint density at radius 3 is 2.89 bits per heavy atom. The summed E-state index contributed by atoms with van der Waals surface area (Å²) in [4.78, 5) is 13.9. The van der Waals surface area contributed by atoms with Crippen LogP contribution in [0, 0.1) is 5.92 Å². The zero-order chi connectivity index (χ0) is 12.1. The normalized spacial score (nSPS) is 28.3. The molecule has 0 aliphatic carbocycles. The molecule has 0 aromatic carbocycles. The van der Waals surface area contributed by atoms with E-state index in [2.05, 4.69) is 5.32 Å². The molecular weight excluding hydrogens is 256 g/mol. The minimum atomic E-state index is -0.307. The lowest BCUT2D eigenvalue weighted by Crippen LogP contribution is -2.49. The molecule has 0 radical (unpaired) electrons. The van der Waals surface area contributed by atoms with Gasteiger partial charge in [0.1, 0.15) is 6.10 Å². The van der Waals surface area contributed by atoms with Gasteiger partial charge in [0.15, 0.2) is 0 Å². The Labute approximate surface area is 115 Å². The van der Waals surface area contributed by atoms with Crippen LogP contribution < -0.4 is 5.32 Å². The van der Waals surface area contributed by atoms with Gasteiger partial charge in [0, 0.05) is 33.3 Å². The van der Waals surface area contributed by atoms with Crippen LogP contribution in [0.4, 0.5) is 0 Å². The molecule has 2 unspecified atom stereocenters. The smallest absolute Gasteiger partial charge is 0.252 e. The Morgan fingerprint density at radius 2 is 2.28 bits per heavy atom. The highest BCUT2D eigenvalue weighted by atomic mass is 35.5. The minimum absolute atomic E-state index is 0. The first-order valence-corrected chi connectivity index (χ1v) is 6.42. The quantitative estimate of drug-likeness (QED) is 0.806. The lowest BCUT2D eigenvalue weighted by Gasteiger charge is -2.31. The van der Waals surface area contributed by atoms with Crippen LogP contribution in [-0.4, -0.2) is 63.4 Å². The van der Waals surface area contributed by atoms with E-state index in [4.69, 9.17) is 9.47 Å². The van der Waals surface area contributed by atoms with Crippen molar-refractivity contribution in [2.75, 3.05) is 46.5 Å². The standard InChI is InChI=1S/C12H22N2O3.ClH/c1-14(8-10-3-2-5-16-9-10)12(15)11-7-13-4-6-17-11;/h10-11,13H,2-9H2,1H3;1H. The van der Waals surface area contributed by atoms with E-state index < -0.39 is 0 Å². The van der Waals surface area contributed by atoms with Gasteiger partial charge in [0.25, 0.3) is 5.91 Å². The van der Waals surface area contributed by atoms with Crippen LogP contribution in [0.2, 0.25) is 0 Å². The minimum Gasteiger partial charge on any atom is -0.381 e. The van der Waals surface area contributed by atoms with Crippen molar-refractivity contribution in [2.24, 2.45) is 5.92 Å². The van der Waals surface area contributed by atoms with E-state index >= 15 is 0 Å². The largest absolute Gasteiger partial charge is 0.381 e. The van der Waals surface area contributed by atoms with E-state index in [-0.39, 0.29) is 24.4 Å². The van der Waals surface area contributed by atoms with Gasteiger partial charge in [-0.05, 0) is 18.8 Å². The maximum Gasteiger partial charge on any atom is 0.252 e. The van der Waals surface area contributed by atoms with Crippen molar-refractivity contribution < 1.29 is 14.3 Å². The summed E-state index contributed by atoms with van der Waals surface area (Å²) in [5.74, 6) is 0.567. The number of likely N-dealkylation sites (N-methyl/N-ethyl adjacent to an activating group) is 1. The second kappa shape index (κ2) is 7.94. The predicted octanol–water partition coefficient (Wildman–Crippen LogP) is 0.282. The molecule has 0 aromatic rings. The molecule has 2 heterocycles. The topological polar surface area (TPSA) is 50.8 Å². The zero-order valence-electron chi connectivity index (χ0n) is 10.9. The van der Waals surface area contributed by atoms with Crippen LogP contribution in [0.5, 0.6) is 0 Å². The maximum absolute atomic E-state index is 12.1. The highest BCUT2D eigenvalue weighted by Crippen LogP contribution is 2.15. The molecule has 0 aromatic heterocycles. The zero-order valence-corrected chi connectivity index (χ0v) is 11.7. The number of halogens is 1. The highest BCUT2D eigenvalue weighted by Gasteiger charge is 2.26. The first kappa shape index (κ1) is 15.7. The van der Waals surface area contributed by atoms with Gasteiger partial charge >= 0.3 is 0 Å². The molecule has 2 rings (SSSR count). The van der Waals surface area contributed by atoms with E-state index in [0.29, 0.717) is 19.1 Å². The number of nitrogens with zero attached hydrogens (tertiary/aromatic N) is 1. The van der Waals surface area contributed by atoms with Crippen molar-refractivity contribution in [1.29, 1.82) is 0 Å². The average molecular weight is 279 g/mol. The Bertz CT molecular complexity index is 254. The molecule has 2 saturated heterocycles. The van der Waals surface area contributed by atoms with Crippen molar-refractivity contribution >= 4 is 18.3 Å². The summed E-state index contributed by atoms with van der Waals surface area (Å²) in [6, 6.07) is 0. The monoisotopic (exact) mass is 278 g/mol. The van der Waals surface area contributed by atoms with Gasteiger partial charge in [-0.15, -0.1) is 12.4 Å². The summed E-state index contributed by atoms with van der Waals surface area (Å²) in [5.41, 5.74) is 0. The van der Waals surface area contributed by atoms with Gasteiger partial charge in [-0.1, -0.05) is 0 Å². The lowest BCUT2D eigenvalue weighted by atomic mass is 10.0. The first-order chi connectivity index (χ1) is 8.27. The van der Waals surface area contributed by atoms with Crippen molar-refractivity contribution in [3.05, 3.63) is 0 Å². The Hall–Kier alpha value is -0.360. The molecule has 0 bridgehead atoms. The molecule has 2 aliphatic rings. The second-order valence-electron chi connectivity index (χ2n) is 4.87. The number of ether oxygens (including phenoxy) is 2. The fraction of sp³-hybridized carbons (Fsp3) is 0.917. The molecule has 5 nitrogen and oxygen atoms in total. The fourth-order valence-corrected chi connectivity index (χ4v) is 2.40. The van der Waals surface area contributed by atoms with Crippen molar-refractivity contribution in [2.45, 2.75) is 18.9 Å². The summed E-state index contributed by atoms with van der Waals surface area (Å²) in [7, 11) is 1.86. The van der Waals surface area contributed by atoms with E-state index in [0.717, 1.165) is 39.1 Å². The Balaban J connectivity index is 0.00000162. The second-order valence-corrected chi connectivity index (χ2v) is 4.87. The molecule has 2 aliphatic heterocycles. The highest BCUT2D eigenvalue weighted by molar-refractivity contribution is 5.85.